The minimum absolute atomic E-state index is 0.0394. The molecule has 0 aliphatic rings. The minimum atomic E-state index is -0.471. The van der Waals surface area contributed by atoms with E-state index < -0.39 is 5.82 Å². The minimum Gasteiger partial charge on any atom is -0.376 e. The highest BCUT2D eigenvalue weighted by Crippen LogP contribution is 2.18. The van der Waals surface area contributed by atoms with Crippen LogP contribution in [0.5, 0.6) is 0 Å². The number of anilines is 1. The van der Waals surface area contributed by atoms with Crippen LogP contribution in [0, 0.1) is 11.7 Å². The first-order valence-electron chi connectivity index (χ1n) is 5.44. The van der Waals surface area contributed by atoms with E-state index in [2.05, 4.69) is 10.6 Å². The van der Waals surface area contributed by atoms with Gasteiger partial charge in [0, 0.05) is 12.2 Å². The van der Waals surface area contributed by atoms with Crippen molar-refractivity contribution in [3.8, 4) is 0 Å². The van der Waals surface area contributed by atoms with E-state index in [1.54, 1.807) is 0 Å². The molecule has 0 aliphatic heterocycles. The van der Waals surface area contributed by atoms with Crippen molar-refractivity contribution in [1.82, 2.24) is 5.32 Å². The van der Waals surface area contributed by atoms with Crippen LogP contribution in [0.1, 0.15) is 13.8 Å². The lowest BCUT2D eigenvalue weighted by molar-refractivity contribution is -0.119. The van der Waals surface area contributed by atoms with Gasteiger partial charge < -0.3 is 10.6 Å². The summed E-state index contributed by atoms with van der Waals surface area (Å²) < 4.78 is 12.9. The molecular formula is C12H16ClFN2O. The maximum Gasteiger partial charge on any atom is 0.239 e. The fourth-order valence-electron chi connectivity index (χ4n) is 1.17. The molecule has 0 atom stereocenters. The quantitative estimate of drug-likeness (QED) is 0.853. The number of hydrogen-bond acceptors (Lipinski definition) is 2. The predicted molar refractivity (Wildman–Crippen MR) is 67.7 cm³/mol. The molecule has 5 heteroatoms. The molecule has 1 aromatic carbocycles. The number of benzene rings is 1. The molecule has 17 heavy (non-hydrogen) atoms. The summed E-state index contributed by atoms with van der Waals surface area (Å²) >= 11 is 5.62. The van der Waals surface area contributed by atoms with Gasteiger partial charge in [0.25, 0.3) is 0 Å². The number of nitrogens with one attached hydrogen (secondary N) is 2. The Labute approximate surface area is 105 Å². The van der Waals surface area contributed by atoms with Gasteiger partial charge in [0.05, 0.1) is 11.6 Å². The van der Waals surface area contributed by atoms with Gasteiger partial charge in [-0.05, 0) is 24.1 Å². The summed E-state index contributed by atoms with van der Waals surface area (Å²) in [5, 5.41) is 5.68. The Morgan fingerprint density at radius 3 is 2.76 bits per heavy atom. The number of carbonyl (C=O) groups is 1. The normalized spacial score (nSPS) is 10.4. The third-order valence-corrected chi connectivity index (χ3v) is 2.37. The van der Waals surface area contributed by atoms with E-state index in [1.807, 2.05) is 13.8 Å². The van der Waals surface area contributed by atoms with Crippen LogP contribution in [-0.4, -0.2) is 19.0 Å². The van der Waals surface area contributed by atoms with Crippen molar-refractivity contribution in [1.29, 1.82) is 0 Å². The maximum absolute atomic E-state index is 12.9. The predicted octanol–water partition coefficient (Wildman–Crippen LogP) is 2.66. The van der Waals surface area contributed by atoms with E-state index in [0.717, 1.165) is 0 Å². The molecule has 0 spiro atoms. The lowest BCUT2D eigenvalue weighted by Gasteiger charge is -2.09. The summed E-state index contributed by atoms with van der Waals surface area (Å²) in [7, 11) is 0. The molecule has 3 nitrogen and oxygen atoms in total. The first-order valence-corrected chi connectivity index (χ1v) is 5.82. The van der Waals surface area contributed by atoms with Gasteiger partial charge >= 0.3 is 0 Å². The fourth-order valence-corrected chi connectivity index (χ4v) is 1.35. The molecule has 0 fully saturated rings. The van der Waals surface area contributed by atoms with E-state index in [4.69, 9.17) is 11.6 Å². The van der Waals surface area contributed by atoms with Gasteiger partial charge in [0.2, 0.25) is 5.91 Å². The van der Waals surface area contributed by atoms with Gasteiger partial charge in [-0.2, -0.15) is 0 Å². The molecule has 1 amide bonds. The van der Waals surface area contributed by atoms with Crippen molar-refractivity contribution in [3.05, 3.63) is 29.0 Å². The topological polar surface area (TPSA) is 41.1 Å². The molecule has 0 aromatic heterocycles. The number of carbonyl (C=O) groups excluding carboxylic acids is 1. The molecule has 0 bridgehead atoms. The summed E-state index contributed by atoms with van der Waals surface area (Å²) in [6.45, 7) is 4.83. The summed E-state index contributed by atoms with van der Waals surface area (Å²) in [6, 6.07) is 4.25. The Morgan fingerprint density at radius 2 is 2.18 bits per heavy atom. The van der Waals surface area contributed by atoms with Crippen molar-refractivity contribution in [2.24, 2.45) is 5.92 Å². The third-order valence-electron chi connectivity index (χ3n) is 2.08. The number of amides is 1. The zero-order chi connectivity index (χ0) is 12.8. The Kier molecular flexibility index (Phi) is 5.22. The zero-order valence-electron chi connectivity index (χ0n) is 9.89. The van der Waals surface area contributed by atoms with E-state index in [-0.39, 0.29) is 17.5 Å². The molecule has 0 radical (unpaired) electrons. The van der Waals surface area contributed by atoms with Crippen molar-refractivity contribution >= 4 is 23.2 Å². The van der Waals surface area contributed by atoms with Crippen LogP contribution in [0.15, 0.2) is 18.2 Å². The molecule has 0 saturated heterocycles. The monoisotopic (exact) mass is 258 g/mol. The summed E-state index contributed by atoms with van der Waals surface area (Å²) in [5.74, 6) is -0.153. The van der Waals surface area contributed by atoms with Gasteiger partial charge in [-0.15, -0.1) is 0 Å². The number of halogens is 2. The van der Waals surface area contributed by atoms with Gasteiger partial charge in [-0.3, -0.25) is 4.79 Å². The van der Waals surface area contributed by atoms with E-state index in [0.29, 0.717) is 18.2 Å². The fraction of sp³-hybridized carbons (Fsp3) is 0.417. The van der Waals surface area contributed by atoms with Crippen LogP contribution in [-0.2, 0) is 4.79 Å². The lowest BCUT2D eigenvalue weighted by Crippen LogP contribution is -2.32. The largest absolute Gasteiger partial charge is 0.376 e. The Hall–Kier alpha value is -1.29. The first kappa shape index (κ1) is 13.8. The molecular weight excluding hydrogens is 243 g/mol. The second kappa shape index (κ2) is 6.45. The summed E-state index contributed by atoms with van der Waals surface area (Å²) in [5.41, 5.74) is 0.621. The van der Waals surface area contributed by atoms with Gasteiger partial charge in [0.1, 0.15) is 5.82 Å². The van der Waals surface area contributed by atoms with Crippen LogP contribution in [0.4, 0.5) is 10.1 Å². The van der Waals surface area contributed by atoms with Crippen molar-refractivity contribution in [2.75, 3.05) is 18.4 Å². The van der Waals surface area contributed by atoms with Crippen molar-refractivity contribution < 1.29 is 9.18 Å². The van der Waals surface area contributed by atoms with Crippen LogP contribution in [0.2, 0.25) is 5.02 Å². The molecule has 1 rings (SSSR count). The highest BCUT2D eigenvalue weighted by Gasteiger charge is 2.04. The molecule has 94 valence electrons. The van der Waals surface area contributed by atoms with Crippen LogP contribution in [0.3, 0.4) is 0 Å². The smallest absolute Gasteiger partial charge is 0.239 e. The molecule has 0 heterocycles. The van der Waals surface area contributed by atoms with Crippen LogP contribution >= 0.6 is 11.6 Å². The number of rotatable bonds is 5. The van der Waals surface area contributed by atoms with Crippen LogP contribution in [0.25, 0.3) is 0 Å². The standard InChI is InChI=1S/C12H16ClFN2O/c1-8(2)6-16-12(17)7-15-9-3-4-11(14)10(13)5-9/h3-5,8,15H,6-7H2,1-2H3,(H,16,17). The Balaban J connectivity index is 2.39. The molecule has 0 saturated carbocycles. The Morgan fingerprint density at radius 1 is 1.47 bits per heavy atom. The first-order chi connectivity index (χ1) is 7.99. The van der Waals surface area contributed by atoms with Gasteiger partial charge in [-0.1, -0.05) is 25.4 Å². The number of hydrogen-bond donors (Lipinski definition) is 2. The van der Waals surface area contributed by atoms with E-state index in [1.165, 1.54) is 18.2 Å². The average molecular weight is 259 g/mol. The molecule has 2 N–H and O–H groups in total. The third kappa shape index (κ3) is 5.04. The SMILES string of the molecule is CC(C)CNC(=O)CNc1ccc(F)c(Cl)c1. The van der Waals surface area contributed by atoms with Crippen molar-refractivity contribution in [3.63, 3.8) is 0 Å². The Bertz CT molecular complexity index is 396. The molecule has 1 aromatic rings. The maximum atomic E-state index is 12.9. The second-order valence-electron chi connectivity index (χ2n) is 4.18. The van der Waals surface area contributed by atoms with Gasteiger partial charge in [-0.25, -0.2) is 4.39 Å². The van der Waals surface area contributed by atoms with Gasteiger partial charge in [0.15, 0.2) is 0 Å². The van der Waals surface area contributed by atoms with E-state index >= 15 is 0 Å². The zero-order valence-corrected chi connectivity index (χ0v) is 10.6. The summed E-state index contributed by atoms with van der Waals surface area (Å²) in [4.78, 5) is 11.4. The highest BCUT2D eigenvalue weighted by atomic mass is 35.5. The second-order valence-corrected chi connectivity index (χ2v) is 4.59. The average Bonchev–Trinajstić information content (AvgIpc) is 2.28. The van der Waals surface area contributed by atoms with Crippen molar-refractivity contribution in [2.45, 2.75) is 13.8 Å². The highest BCUT2D eigenvalue weighted by molar-refractivity contribution is 6.31. The van der Waals surface area contributed by atoms with E-state index in [9.17, 15) is 9.18 Å². The molecule has 0 aliphatic carbocycles. The van der Waals surface area contributed by atoms with Crippen LogP contribution < -0.4 is 10.6 Å². The lowest BCUT2D eigenvalue weighted by atomic mass is 10.2. The summed E-state index contributed by atoms with van der Waals surface area (Å²) in [6.07, 6.45) is 0. The molecule has 0 unspecified atom stereocenters.